The van der Waals surface area contributed by atoms with Gasteiger partial charge in [0.25, 0.3) is 0 Å². The van der Waals surface area contributed by atoms with Crippen molar-refractivity contribution < 1.29 is 4.79 Å². The predicted molar refractivity (Wildman–Crippen MR) is 104 cm³/mol. The van der Waals surface area contributed by atoms with E-state index < -0.39 is 0 Å². The molecular formula is C19H19N5OS. The molecular weight excluding hydrogens is 346 g/mol. The lowest BCUT2D eigenvalue weighted by atomic mass is 10.2. The Morgan fingerprint density at radius 2 is 1.92 bits per heavy atom. The summed E-state index contributed by atoms with van der Waals surface area (Å²) in [7, 11) is 0. The van der Waals surface area contributed by atoms with Gasteiger partial charge < -0.3 is 5.32 Å². The van der Waals surface area contributed by atoms with E-state index in [1.807, 2.05) is 47.9 Å². The van der Waals surface area contributed by atoms with Gasteiger partial charge in [-0.1, -0.05) is 35.5 Å². The zero-order valence-electron chi connectivity index (χ0n) is 14.4. The van der Waals surface area contributed by atoms with E-state index in [0.717, 1.165) is 22.6 Å². The third-order valence-corrected chi connectivity index (χ3v) is 4.60. The molecule has 6 nitrogen and oxygen atoms in total. The third-order valence-electron chi connectivity index (χ3n) is 3.63. The second-order valence-electron chi connectivity index (χ2n) is 5.64. The first kappa shape index (κ1) is 17.9. The van der Waals surface area contributed by atoms with Crippen LogP contribution in [-0.2, 0) is 11.3 Å². The van der Waals surface area contributed by atoms with Crippen molar-refractivity contribution in [1.82, 2.24) is 19.7 Å². The number of hydrogen-bond donors (Lipinski definition) is 1. The topological polar surface area (TPSA) is 72.7 Å². The van der Waals surface area contributed by atoms with E-state index in [4.69, 9.17) is 0 Å². The molecule has 2 aromatic heterocycles. The number of rotatable bonds is 7. The van der Waals surface area contributed by atoms with Gasteiger partial charge >= 0.3 is 0 Å². The fourth-order valence-electron chi connectivity index (χ4n) is 2.37. The fraction of sp³-hybridized carbons (Fsp3) is 0.158. The minimum Gasteiger partial charge on any atom is -0.325 e. The Hall–Kier alpha value is -2.93. The van der Waals surface area contributed by atoms with Crippen LogP contribution in [0.2, 0.25) is 0 Å². The number of hydrogen-bond acceptors (Lipinski definition) is 5. The molecule has 0 atom stereocenters. The quantitative estimate of drug-likeness (QED) is 0.512. The van der Waals surface area contributed by atoms with Crippen molar-refractivity contribution in [2.45, 2.75) is 18.6 Å². The monoisotopic (exact) mass is 365 g/mol. The highest BCUT2D eigenvalue weighted by molar-refractivity contribution is 7.99. The van der Waals surface area contributed by atoms with Crippen LogP contribution >= 0.6 is 11.8 Å². The fourth-order valence-corrected chi connectivity index (χ4v) is 3.12. The summed E-state index contributed by atoms with van der Waals surface area (Å²) in [4.78, 5) is 16.2. The molecule has 1 aromatic carbocycles. The Kier molecular flexibility index (Phi) is 5.80. The molecule has 0 bridgehead atoms. The first-order valence-corrected chi connectivity index (χ1v) is 9.10. The van der Waals surface area contributed by atoms with Gasteiger partial charge in [0, 0.05) is 30.2 Å². The normalized spacial score (nSPS) is 10.5. The molecule has 132 valence electrons. The SMILES string of the molecule is C=CCn1c(SCC(=O)Nc2ccc(C)cc2)nnc1-c1ccncc1. The summed E-state index contributed by atoms with van der Waals surface area (Å²) in [5.41, 5.74) is 2.86. The summed E-state index contributed by atoms with van der Waals surface area (Å²) in [6.45, 7) is 6.36. The number of thioether (sulfide) groups is 1. The van der Waals surface area contributed by atoms with E-state index in [1.54, 1.807) is 18.5 Å². The molecule has 0 aliphatic heterocycles. The van der Waals surface area contributed by atoms with Crippen LogP contribution in [0.15, 0.2) is 66.6 Å². The Morgan fingerprint density at radius 3 is 2.62 bits per heavy atom. The van der Waals surface area contributed by atoms with Gasteiger partial charge in [-0.15, -0.1) is 16.8 Å². The predicted octanol–water partition coefficient (Wildman–Crippen LogP) is 3.57. The van der Waals surface area contributed by atoms with Crippen LogP contribution in [0.4, 0.5) is 5.69 Å². The number of aryl methyl sites for hydroxylation is 1. The molecule has 0 saturated heterocycles. The Morgan fingerprint density at radius 1 is 1.19 bits per heavy atom. The number of amides is 1. The molecule has 0 saturated carbocycles. The molecule has 26 heavy (non-hydrogen) atoms. The second kappa shape index (κ2) is 8.44. The molecule has 0 aliphatic carbocycles. The van der Waals surface area contributed by atoms with E-state index >= 15 is 0 Å². The zero-order chi connectivity index (χ0) is 18.4. The van der Waals surface area contributed by atoms with E-state index in [9.17, 15) is 4.79 Å². The number of carbonyl (C=O) groups is 1. The summed E-state index contributed by atoms with van der Waals surface area (Å²) in [5.74, 6) is 0.894. The molecule has 0 fully saturated rings. The highest BCUT2D eigenvalue weighted by atomic mass is 32.2. The molecule has 1 N–H and O–H groups in total. The average Bonchev–Trinajstić information content (AvgIpc) is 3.06. The summed E-state index contributed by atoms with van der Waals surface area (Å²) < 4.78 is 1.94. The van der Waals surface area contributed by atoms with Crippen LogP contribution in [-0.4, -0.2) is 31.4 Å². The highest BCUT2D eigenvalue weighted by Gasteiger charge is 2.15. The average molecular weight is 365 g/mol. The number of pyridine rings is 1. The Labute approximate surface area is 156 Å². The molecule has 0 unspecified atom stereocenters. The molecule has 3 rings (SSSR count). The number of nitrogens with one attached hydrogen (secondary N) is 1. The molecule has 0 aliphatic rings. The third kappa shape index (κ3) is 4.37. The van der Waals surface area contributed by atoms with Gasteiger partial charge in [-0.05, 0) is 31.2 Å². The lowest BCUT2D eigenvalue weighted by molar-refractivity contribution is -0.113. The van der Waals surface area contributed by atoms with Gasteiger partial charge in [0.1, 0.15) is 0 Å². The summed E-state index contributed by atoms with van der Waals surface area (Å²) in [6.07, 6.45) is 5.21. The molecule has 1 amide bonds. The van der Waals surface area contributed by atoms with Gasteiger partial charge in [0.15, 0.2) is 11.0 Å². The van der Waals surface area contributed by atoms with Crippen LogP contribution < -0.4 is 5.32 Å². The first-order chi connectivity index (χ1) is 12.7. The van der Waals surface area contributed by atoms with E-state index in [-0.39, 0.29) is 11.7 Å². The molecule has 0 radical (unpaired) electrons. The lowest BCUT2D eigenvalue weighted by Crippen LogP contribution is -2.14. The van der Waals surface area contributed by atoms with Gasteiger partial charge in [-0.2, -0.15) is 0 Å². The number of carbonyl (C=O) groups excluding carboxylic acids is 1. The van der Waals surface area contributed by atoms with Crippen LogP contribution in [0.25, 0.3) is 11.4 Å². The van der Waals surface area contributed by atoms with Crippen molar-refractivity contribution in [3.05, 3.63) is 67.0 Å². The maximum absolute atomic E-state index is 12.2. The summed E-state index contributed by atoms with van der Waals surface area (Å²) in [5, 5.41) is 12.1. The molecule has 0 spiro atoms. The number of nitrogens with zero attached hydrogens (tertiary/aromatic N) is 4. The summed E-state index contributed by atoms with van der Waals surface area (Å²) in [6, 6.07) is 11.5. The number of aromatic nitrogens is 4. The van der Waals surface area contributed by atoms with Crippen molar-refractivity contribution in [3.63, 3.8) is 0 Å². The minimum absolute atomic E-state index is 0.0857. The lowest BCUT2D eigenvalue weighted by Gasteiger charge is -2.08. The minimum atomic E-state index is -0.0857. The molecule has 7 heteroatoms. The van der Waals surface area contributed by atoms with Crippen LogP contribution in [0.1, 0.15) is 5.56 Å². The summed E-state index contributed by atoms with van der Waals surface area (Å²) >= 11 is 1.35. The number of benzene rings is 1. The second-order valence-corrected chi connectivity index (χ2v) is 6.59. The van der Waals surface area contributed by atoms with Crippen LogP contribution in [0, 0.1) is 6.92 Å². The van der Waals surface area contributed by atoms with Gasteiger partial charge in [-0.25, -0.2) is 0 Å². The van der Waals surface area contributed by atoms with Crippen molar-refractivity contribution >= 4 is 23.4 Å². The number of anilines is 1. The Bertz CT molecular complexity index is 890. The van der Waals surface area contributed by atoms with Crippen LogP contribution in [0.3, 0.4) is 0 Å². The van der Waals surface area contributed by atoms with Crippen molar-refractivity contribution in [1.29, 1.82) is 0 Å². The van der Waals surface area contributed by atoms with Crippen molar-refractivity contribution in [2.24, 2.45) is 0 Å². The maximum atomic E-state index is 12.2. The van der Waals surface area contributed by atoms with E-state index in [1.165, 1.54) is 11.8 Å². The van der Waals surface area contributed by atoms with Crippen molar-refractivity contribution in [2.75, 3.05) is 11.1 Å². The molecule has 3 aromatic rings. The standard InChI is InChI=1S/C19H19N5OS/c1-3-12-24-18(15-8-10-20-11-9-15)22-23-19(24)26-13-17(25)21-16-6-4-14(2)5-7-16/h3-11H,1,12-13H2,2H3,(H,21,25). The smallest absolute Gasteiger partial charge is 0.234 e. The molecule has 2 heterocycles. The highest BCUT2D eigenvalue weighted by Crippen LogP contribution is 2.23. The van der Waals surface area contributed by atoms with E-state index in [0.29, 0.717) is 11.7 Å². The largest absolute Gasteiger partial charge is 0.325 e. The van der Waals surface area contributed by atoms with Crippen LogP contribution in [0.5, 0.6) is 0 Å². The zero-order valence-corrected chi connectivity index (χ0v) is 15.2. The first-order valence-electron chi connectivity index (χ1n) is 8.11. The Balaban J connectivity index is 1.69. The van der Waals surface area contributed by atoms with Gasteiger partial charge in [0.05, 0.1) is 5.75 Å². The van der Waals surface area contributed by atoms with Gasteiger partial charge in [-0.3, -0.25) is 14.3 Å². The van der Waals surface area contributed by atoms with Gasteiger partial charge in [0.2, 0.25) is 5.91 Å². The number of allylic oxidation sites excluding steroid dienone is 1. The maximum Gasteiger partial charge on any atom is 0.234 e. The van der Waals surface area contributed by atoms with E-state index in [2.05, 4.69) is 27.1 Å². The van der Waals surface area contributed by atoms with Crippen molar-refractivity contribution in [3.8, 4) is 11.4 Å².